The van der Waals surface area contributed by atoms with Gasteiger partial charge >= 0.3 is 0 Å². The molecule has 1 unspecified atom stereocenters. The van der Waals surface area contributed by atoms with Crippen LogP contribution in [0, 0.1) is 44.1 Å². The number of aliphatic carboxylic acids is 1. The first kappa shape index (κ1) is 13.9. The zero-order valence-corrected chi connectivity index (χ0v) is 12.2. The van der Waals surface area contributed by atoms with Gasteiger partial charge in [-0.3, -0.25) is 4.79 Å². The Morgan fingerprint density at radius 2 is 1.86 bits per heavy atom. The van der Waals surface area contributed by atoms with Gasteiger partial charge in [-0.05, 0) is 30.2 Å². The SMILES string of the molecule is [Ac].[NH-]C(Cc1ccc(O)cc1)C(=O)O. The van der Waals surface area contributed by atoms with E-state index in [1.54, 1.807) is 12.1 Å². The van der Waals surface area contributed by atoms with E-state index in [4.69, 9.17) is 15.9 Å². The topological polar surface area (TPSA) is 81.3 Å². The molecule has 1 rings (SSSR count). The van der Waals surface area contributed by atoms with E-state index in [1.807, 2.05) is 0 Å². The van der Waals surface area contributed by atoms with Crippen LogP contribution in [-0.4, -0.2) is 22.2 Å². The molecule has 0 bridgehead atoms. The minimum Gasteiger partial charge on any atom is -0.665 e. The van der Waals surface area contributed by atoms with Crippen LogP contribution in [0.5, 0.6) is 5.75 Å². The minimum atomic E-state index is -1.13. The number of hydrogen-bond donors (Lipinski definition) is 2. The van der Waals surface area contributed by atoms with Crippen LogP contribution in [0.25, 0.3) is 5.73 Å². The number of hydrogen-bond acceptors (Lipinski definition) is 2. The van der Waals surface area contributed by atoms with E-state index in [2.05, 4.69) is 0 Å². The Kier molecular flexibility index (Phi) is 6.34. The van der Waals surface area contributed by atoms with Gasteiger partial charge in [-0.2, -0.15) is 0 Å². The maximum absolute atomic E-state index is 10.3. The molecule has 0 saturated heterocycles. The summed E-state index contributed by atoms with van der Waals surface area (Å²) in [5.74, 6) is -0.992. The number of phenols is 1. The van der Waals surface area contributed by atoms with Gasteiger partial charge in [-0.1, -0.05) is 12.1 Å². The summed E-state index contributed by atoms with van der Waals surface area (Å²) >= 11 is 0. The number of rotatable bonds is 3. The third-order valence-corrected chi connectivity index (χ3v) is 1.67. The van der Waals surface area contributed by atoms with E-state index in [9.17, 15) is 4.79 Å². The first-order valence-corrected chi connectivity index (χ1v) is 3.81. The molecule has 1 atom stereocenters. The molecular weight excluding hydrogens is 397 g/mol. The molecule has 1 radical (unpaired) electrons. The summed E-state index contributed by atoms with van der Waals surface area (Å²) in [5.41, 5.74) is 7.89. The number of carbonyl (C=O) groups is 1. The van der Waals surface area contributed by atoms with Crippen LogP contribution in [0.1, 0.15) is 5.56 Å². The number of aromatic hydroxyl groups is 1. The normalized spacial score (nSPS) is 11.5. The average Bonchev–Trinajstić information content (AvgIpc) is 2.08. The van der Waals surface area contributed by atoms with Gasteiger partial charge in [-0.25, -0.2) is 0 Å². The summed E-state index contributed by atoms with van der Waals surface area (Å²) < 4.78 is 0. The predicted octanol–water partition coefficient (Wildman–Crippen LogP) is 1.44. The Hall–Kier alpha value is -0.108. The van der Waals surface area contributed by atoms with Crippen molar-refractivity contribution < 1.29 is 59.1 Å². The Morgan fingerprint density at radius 3 is 2.29 bits per heavy atom. The molecule has 14 heavy (non-hydrogen) atoms. The molecule has 0 aromatic heterocycles. The zero-order chi connectivity index (χ0) is 9.84. The second-order valence-corrected chi connectivity index (χ2v) is 2.76. The third kappa shape index (κ3) is 4.41. The fourth-order valence-electron chi connectivity index (χ4n) is 0.955. The monoisotopic (exact) mass is 407 g/mol. The van der Waals surface area contributed by atoms with Gasteiger partial charge in [0.25, 0.3) is 5.97 Å². The Labute approximate surface area is 118 Å². The molecule has 0 aliphatic rings. The molecule has 0 fully saturated rings. The van der Waals surface area contributed by atoms with E-state index < -0.39 is 12.0 Å². The van der Waals surface area contributed by atoms with Crippen LogP contribution < -0.4 is 0 Å². The number of phenolic OH excluding ortho intramolecular Hbond substituents is 1. The van der Waals surface area contributed by atoms with Gasteiger partial charge in [0.15, 0.2) is 0 Å². The standard InChI is InChI=1S/C9H10NO3.Ac/c10-8(9(12)13)5-6-1-3-7(11)4-2-6;/h1-4,8,10-11H,5H2,(H,12,13);/q-1;. The molecule has 0 amide bonds. The Bertz CT molecular complexity index is 299. The molecule has 5 heteroatoms. The summed E-state index contributed by atoms with van der Waals surface area (Å²) in [6, 6.07) is 5.04. The molecule has 0 aliphatic carbocycles. The number of nitrogens with one attached hydrogen (secondary N) is 1. The summed E-state index contributed by atoms with van der Waals surface area (Å²) in [4.78, 5) is 10.3. The number of benzene rings is 1. The van der Waals surface area contributed by atoms with Crippen molar-refractivity contribution >= 4 is 5.97 Å². The van der Waals surface area contributed by atoms with Crippen molar-refractivity contribution in [3.63, 3.8) is 0 Å². The summed E-state index contributed by atoms with van der Waals surface area (Å²) in [7, 11) is 0. The van der Waals surface area contributed by atoms with E-state index in [-0.39, 0.29) is 56.2 Å². The molecule has 0 aliphatic heterocycles. The van der Waals surface area contributed by atoms with Crippen LogP contribution in [0.2, 0.25) is 0 Å². The second kappa shape index (κ2) is 6.39. The quantitative estimate of drug-likeness (QED) is 0.796. The first-order valence-electron chi connectivity index (χ1n) is 3.81. The van der Waals surface area contributed by atoms with E-state index >= 15 is 0 Å². The van der Waals surface area contributed by atoms with E-state index in [1.165, 1.54) is 12.1 Å². The predicted molar refractivity (Wildman–Crippen MR) is 47.6 cm³/mol. The summed E-state index contributed by atoms with van der Waals surface area (Å²) in [6.07, 6.45) is 0.162. The van der Waals surface area contributed by atoms with Crippen molar-refractivity contribution in [1.29, 1.82) is 0 Å². The molecule has 0 heterocycles. The molecule has 0 spiro atoms. The Morgan fingerprint density at radius 1 is 1.36 bits per heavy atom. The van der Waals surface area contributed by atoms with Crippen LogP contribution in [-0.2, 0) is 11.2 Å². The molecule has 1 aromatic carbocycles. The Balaban J connectivity index is 0.00000169. The van der Waals surface area contributed by atoms with Crippen LogP contribution >= 0.6 is 0 Å². The maximum Gasteiger partial charge on any atom is 0.285 e. The van der Waals surface area contributed by atoms with Gasteiger partial charge in [0.05, 0.1) is 0 Å². The molecule has 4 nitrogen and oxygen atoms in total. The molecule has 1 aromatic rings. The smallest absolute Gasteiger partial charge is 0.285 e. The molecular formula is C9H10AcNO3-. The first-order chi connectivity index (χ1) is 6.09. The van der Waals surface area contributed by atoms with Crippen molar-refractivity contribution in [2.24, 2.45) is 0 Å². The van der Waals surface area contributed by atoms with Crippen molar-refractivity contribution in [1.82, 2.24) is 0 Å². The van der Waals surface area contributed by atoms with Gasteiger partial charge < -0.3 is 15.9 Å². The minimum absolute atomic E-state index is 0. The zero-order valence-electron chi connectivity index (χ0n) is 7.47. The number of carboxylic acids is 1. The maximum atomic E-state index is 10.3. The third-order valence-electron chi connectivity index (χ3n) is 1.67. The van der Waals surface area contributed by atoms with Crippen LogP contribution in [0.4, 0.5) is 0 Å². The second-order valence-electron chi connectivity index (χ2n) is 2.76. The van der Waals surface area contributed by atoms with E-state index in [0.29, 0.717) is 0 Å². The van der Waals surface area contributed by atoms with Crippen LogP contribution in [0.3, 0.4) is 0 Å². The van der Waals surface area contributed by atoms with Crippen molar-refractivity contribution in [3.05, 3.63) is 35.6 Å². The van der Waals surface area contributed by atoms with Crippen LogP contribution in [0.15, 0.2) is 24.3 Å². The van der Waals surface area contributed by atoms with Gasteiger partial charge in [-0.15, -0.1) is 0 Å². The largest absolute Gasteiger partial charge is 0.665 e. The summed E-state index contributed by atoms with van der Waals surface area (Å²) in [5, 5.41) is 17.4. The van der Waals surface area contributed by atoms with Crippen molar-refractivity contribution in [2.75, 3.05) is 0 Å². The molecule has 73 valence electrons. The molecule has 3 N–H and O–H groups in total. The fourth-order valence-corrected chi connectivity index (χ4v) is 0.955. The van der Waals surface area contributed by atoms with Gasteiger partial charge in [0, 0.05) is 44.1 Å². The summed E-state index contributed by atoms with van der Waals surface area (Å²) in [6.45, 7) is 0. The number of carboxylic acid groups (broad SMARTS) is 1. The van der Waals surface area contributed by atoms with E-state index in [0.717, 1.165) is 5.56 Å². The van der Waals surface area contributed by atoms with Gasteiger partial charge in [0.2, 0.25) is 0 Å². The van der Waals surface area contributed by atoms with Crippen molar-refractivity contribution in [3.8, 4) is 5.75 Å². The average molecular weight is 407 g/mol. The molecule has 0 saturated carbocycles. The fraction of sp³-hybridized carbons (Fsp3) is 0.222. The van der Waals surface area contributed by atoms with Gasteiger partial charge in [0.1, 0.15) is 5.75 Å². The van der Waals surface area contributed by atoms with Crippen molar-refractivity contribution in [2.45, 2.75) is 12.5 Å².